The number of para-hydroxylation sites is 1. The maximum atomic E-state index is 13.3. The lowest BCUT2D eigenvalue weighted by Gasteiger charge is -2.20. The Labute approximate surface area is 172 Å². The van der Waals surface area contributed by atoms with Crippen molar-refractivity contribution in [2.75, 3.05) is 13.4 Å². The normalized spacial score (nSPS) is 19.8. The van der Waals surface area contributed by atoms with E-state index in [4.69, 9.17) is 14.2 Å². The highest BCUT2D eigenvalue weighted by Crippen LogP contribution is 2.37. The molecule has 0 saturated carbocycles. The number of carbonyl (C=O) groups excluding carboxylic acids is 1. The molecule has 154 valence electrons. The van der Waals surface area contributed by atoms with E-state index in [1.165, 1.54) is 12.1 Å². The van der Waals surface area contributed by atoms with Crippen LogP contribution in [0.15, 0.2) is 54.7 Å². The number of rotatable bonds is 5. The molecule has 7 nitrogen and oxygen atoms in total. The van der Waals surface area contributed by atoms with Gasteiger partial charge in [-0.05, 0) is 42.8 Å². The minimum Gasteiger partial charge on any atom is -0.454 e. The summed E-state index contributed by atoms with van der Waals surface area (Å²) >= 11 is 0. The molecular formula is C22H20FN3O4. The van der Waals surface area contributed by atoms with E-state index in [1.54, 1.807) is 23.0 Å². The van der Waals surface area contributed by atoms with Crippen molar-refractivity contribution in [1.29, 1.82) is 0 Å². The molecule has 30 heavy (non-hydrogen) atoms. The minimum atomic E-state index is -0.432. The third kappa shape index (κ3) is 3.39. The SMILES string of the molecule is O=C(NCc1cccc2c1OCO2)[C@H]1CCO[C@@H]1c1ccnn1-c1ccc(F)cc1. The molecule has 1 aromatic heterocycles. The number of halogens is 1. The second kappa shape index (κ2) is 7.79. The van der Waals surface area contributed by atoms with Crippen LogP contribution in [-0.4, -0.2) is 29.1 Å². The summed E-state index contributed by atoms with van der Waals surface area (Å²) in [7, 11) is 0. The molecule has 1 saturated heterocycles. The molecule has 0 aliphatic carbocycles. The largest absolute Gasteiger partial charge is 0.454 e. The van der Waals surface area contributed by atoms with Crippen molar-refractivity contribution in [1.82, 2.24) is 15.1 Å². The van der Waals surface area contributed by atoms with E-state index < -0.39 is 6.10 Å². The molecule has 0 unspecified atom stereocenters. The van der Waals surface area contributed by atoms with Gasteiger partial charge in [0, 0.05) is 24.9 Å². The predicted octanol–water partition coefficient (Wildman–Crippen LogP) is 3.13. The molecule has 5 rings (SSSR count). The first-order chi connectivity index (χ1) is 14.7. The van der Waals surface area contributed by atoms with E-state index in [1.807, 2.05) is 24.3 Å². The average molecular weight is 409 g/mol. The second-order valence-corrected chi connectivity index (χ2v) is 7.20. The lowest BCUT2D eigenvalue weighted by Crippen LogP contribution is -2.32. The van der Waals surface area contributed by atoms with Crippen LogP contribution in [0.1, 0.15) is 23.8 Å². The molecular weight excluding hydrogens is 389 g/mol. The van der Waals surface area contributed by atoms with Gasteiger partial charge in [0.2, 0.25) is 12.7 Å². The summed E-state index contributed by atoms with van der Waals surface area (Å²) in [6, 6.07) is 13.5. The maximum absolute atomic E-state index is 13.3. The Morgan fingerprint density at radius 2 is 2.03 bits per heavy atom. The van der Waals surface area contributed by atoms with Crippen molar-refractivity contribution in [2.24, 2.45) is 5.92 Å². The first kappa shape index (κ1) is 18.6. The van der Waals surface area contributed by atoms with Crippen molar-refractivity contribution in [3.05, 3.63) is 71.8 Å². The lowest BCUT2D eigenvalue weighted by molar-refractivity contribution is -0.127. The Morgan fingerprint density at radius 1 is 1.17 bits per heavy atom. The van der Waals surface area contributed by atoms with Crippen LogP contribution >= 0.6 is 0 Å². The second-order valence-electron chi connectivity index (χ2n) is 7.20. The number of amides is 1. The fraction of sp³-hybridized carbons (Fsp3) is 0.273. The van der Waals surface area contributed by atoms with E-state index in [0.717, 1.165) is 11.3 Å². The molecule has 3 aromatic rings. The van der Waals surface area contributed by atoms with E-state index in [2.05, 4.69) is 10.4 Å². The van der Waals surface area contributed by atoms with Crippen LogP contribution in [-0.2, 0) is 16.1 Å². The average Bonchev–Trinajstić information content (AvgIpc) is 3.52. The summed E-state index contributed by atoms with van der Waals surface area (Å²) in [6.45, 7) is 1.01. The standard InChI is InChI=1S/C22H20FN3O4/c23-15-4-6-16(7-5-15)26-18(8-10-25-26)21-17(9-11-28-21)22(27)24-12-14-2-1-3-19-20(14)30-13-29-19/h1-8,10,17,21H,9,11-13H2,(H,24,27)/t17-,21-/m0/s1. The summed E-state index contributed by atoms with van der Waals surface area (Å²) in [5.41, 5.74) is 2.34. The topological polar surface area (TPSA) is 74.6 Å². The number of benzene rings is 2. The Hall–Kier alpha value is -3.39. The summed E-state index contributed by atoms with van der Waals surface area (Å²) in [5, 5.41) is 7.33. The molecule has 2 aliphatic rings. The lowest BCUT2D eigenvalue weighted by atomic mass is 9.97. The highest BCUT2D eigenvalue weighted by Gasteiger charge is 2.37. The Kier molecular flexibility index (Phi) is 4.84. The zero-order valence-corrected chi connectivity index (χ0v) is 16.1. The van der Waals surface area contributed by atoms with Crippen LogP contribution in [0.25, 0.3) is 5.69 Å². The van der Waals surface area contributed by atoms with Crippen LogP contribution in [0.2, 0.25) is 0 Å². The van der Waals surface area contributed by atoms with Gasteiger partial charge >= 0.3 is 0 Å². The third-order valence-electron chi connectivity index (χ3n) is 5.39. The summed E-state index contributed by atoms with van der Waals surface area (Å²) < 4.78 is 31.8. The number of hydrogen-bond acceptors (Lipinski definition) is 5. The van der Waals surface area contributed by atoms with Gasteiger partial charge in [0.25, 0.3) is 0 Å². The van der Waals surface area contributed by atoms with Gasteiger partial charge in [-0.25, -0.2) is 9.07 Å². The first-order valence-electron chi connectivity index (χ1n) is 9.77. The number of nitrogens with one attached hydrogen (secondary N) is 1. The van der Waals surface area contributed by atoms with Gasteiger partial charge in [0.15, 0.2) is 11.5 Å². The quantitative estimate of drug-likeness (QED) is 0.701. The number of carbonyl (C=O) groups is 1. The molecule has 0 bridgehead atoms. The Morgan fingerprint density at radius 3 is 2.90 bits per heavy atom. The molecule has 1 amide bonds. The van der Waals surface area contributed by atoms with Crippen molar-refractivity contribution >= 4 is 5.91 Å². The maximum Gasteiger partial charge on any atom is 0.231 e. The molecule has 0 radical (unpaired) electrons. The number of fused-ring (bicyclic) bond motifs is 1. The van der Waals surface area contributed by atoms with Gasteiger partial charge in [-0.15, -0.1) is 0 Å². The minimum absolute atomic E-state index is 0.0964. The van der Waals surface area contributed by atoms with E-state index in [0.29, 0.717) is 36.8 Å². The fourth-order valence-electron chi connectivity index (χ4n) is 3.92. The van der Waals surface area contributed by atoms with Gasteiger partial charge in [-0.3, -0.25) is 4.79 Å². The summed E-state index contributed by atoms with van der Waals surface area (Å²) in [5.74, 6) is 0.595. The molecule has 3 heterocycles. The van der Waals surface area contributed by atoms with Crippen LogP contribution in [0.4, 0.5) is 4.39 Å². The molecule has 8 heteroatoms. The van der Waals surface area contributed by atoms with Crippen molar-refractivity contribution < 1.29 is 23.4 Å². The molecule has 2 atom stereocenters. The van der Waals surface area contributed by atoms with Crippen LogP contribution in [0.3, 0.4) is 0 Å². The Bertz CT molecular complexity index is 1070. The number of nitrogens with zero attached hydrogens (tertiary/aromatic N) is 2. The predicted molar refractivity (Wildman–Crippen MR) is 105 cm³/mol. The molecule has 1 N–H and O–H groups in total. The van der Waals surface area contributed by atoms with Gasteiger partial charge < -0.3 is 19.5 Å². The number of aromatic nitrogens is 2. The van der Waals surface area contributed by atoms with Crippen molar-refractivity contribution in [3.63, 3.8) is 0 Å². The van der Waals surface area contributed by atoms with E-state index in [-0.39, 0.29) is 24.4 Å². The Balaban J connectivity index is 1.32. The summed E-state index contributed by atoms with van der Waals surface area (Å²) in [4.78, 5) is 13.0. The monoisotopic (exact) mass is 409 g/mol. The van der Waals surface area contributed by atoms with E-state index >= 15 is 0 Å². The molecule has 0 spiro atoms. The summed E-state index contributed by atoms with van der Waals surface area (Å²) in [6.07, 6.45) is 1.83. The molecule has 2 aromatic carbocycles. The molecule has 1 fully saturated rings. The highest BCUT2D eigenvalue weighted by atomic mass is 19.1. The van der Waals surface area contributed by atoms with Gasteiger partial charge in [0.05, 0.1) is 17.3 Å². The van der Waals surface area contributed by atoms with Gasteiger partial charge in [0.1, 0.15) is 11.9 Å². The highest BCUT2D eigenvalue weighted by molar-refractivity contribution is 5.79. The number of hydrogen-bond donors (Lipinski definition) is 1. The fourth-order valence-corrected chi connectivity index (χ4v) is 3.92. The zero-order valence-electron chi connectivity index (χ0n) is 16.1. The van der Waals surface area contributed by atoms with Crippen LogP contribution in [0, 0.1) is 11.7 Å². The van der Waals surface area contributed by atoms with Crippen LogP contribution < -0.4 is 14.8 Å². The van der Waals surface area contributed by atoms with Gasteiger partial charge in [-0.2, -0.15) is 5.10 Å². The molecule has 2 aliphatic heterocycles. The number of ether oxygens (including phenoxy) is 3. The third-order valence-corrected chi connectivity index (χ3v) is 5.39. The van der Waals surface area contributed by atoms with Crippen molar-refractivity contribution in [2.45, 2.75) is 19.1 Å². The van der Waals surface area contributed by atoms with Crippen LogP contribution in [0.5, 0.6) is 11.5 Å². The first-order valence-corrected chi connectivity index (χ1v) is 9.77. The smallest absolute Gasteiger partial charge is 0.231 e. The van der Waals surface area contributed by atoms with Crippen molar-refractivity contribution in [3.8, 4) is 17.2 Å². The van der Waals surface area contributed by atoms with Gasteiger partial charge in [-0.1, -0.05) is 12.1 Å². The zero-order chi connectivity index (χ0) is 20.5. The van der Waals surface area contributed by atoms with E-state index in [9.17, 15) is 9.18 Å².